The summed E-state index contributed by atoms with van der Waals surface area (Å²) in [4.78, 5) is 13.8. The lowest BCUT2D eigenvalue weighted by Gasteiger charge is -2.38. The van der Waals surface area contributed by atoms with Crippen molar-refractivity contribution in [2.45, 2.75) is 52.5 Å². The third-order valence-corrected chi connectivity index (χ3v) is 5.97. The molecule has 84 valence electrons. The summed E-state index contributed by atoms with van der Waals surface area (Å²) >= 11 is 0. The van der Waals surface area contributed by atoms with Gasteiger partial charge < -0.3 is 4.90 Å². The number of hydrogen-bond donors (Lipinski definition) is 0. The normalized spacial score (nSPS) is 45.9. The van der Waals surface area contributed by atoms with Gasteiger partial charge in [0.05, 0.1) is 0 Å². The van der Waals surface area contributed by atoms with E-state index in [1.54, 1.807) is 6.92 Å². The van der Waals surface area contributed by atoms with E-state index in [0.29, 0.717) is 22.8 Å². The molecule has 0 aromatic carbocycles. The fourth-order valence-corrected chi connectivity index (χ4v) is 4.92. The number of nitrogens with zero attached hydrogens (tertiary/aromatic N) is 1. The molecule has 2 bridgehead atoms. The average molecular weight is 207 g/mol. The summed E-state index contributed by atoms with van der Waals surface area (Å²) in [7, 11) is 0. The lowest BCUT2D eigenvalue weighted by Crippen LogP contribution is -2.42. The summed E-state index contributed by atoms with van der Waals surface area (Å²) in [5.74, 6) is 1.16. The second-order valence-electron chi connectivity index (χ2n) is 6.33. The van der Waals surface area contributed by atoms with E-state index in [4.69, 9.17) is 0 Å². The van der Waals surface area contributed by atoms with Crippen LogP contribution in [0.2, 0.25) is 0 Å². The van der Waals surface area contributed by atoms with Crippen molar-refractivity contribution >= 4 is 5.91 Å². The number of amides is 1. The van der Waals surface area contributed by atoms with Crippen molar-refractivity contribution in [2.75, 3.05) is 6.54 Å². The molecule has 2 nitrogen and oxygen atoms in total. The third kappa shape index (κ3) is 0.896. The van der Waals surface area contributed by atoms with Crippen LogP contribution in [0.15, 0.2) is 0 Å². The molecule has 0 radical (unpaired) electrons. The first-order chi connectivity index (χ1) is 6.99. The standard InChI is InChI=1S/C13H21NO/c1-9(15)14-7-6-13-5-4-10(8-11(13)14)12(13,2)3/h10-11H,4-8H2,1-3H3. The van der Waals surface area contributed by atoms with Crippen LogP contribution in [0.4, 0.5) is 0 Å². The highest BCUT2D eigenvalue weighted by Gasteiger charge is 2.67. The number of carbonyl (C=O) groups excluding carboxylic acids is 1. The van der Waals surface area contributed by atoms with Crippen molar-refractivity contribution in [3.05, 3.63) is 0 Å². The van der Waals surface area contributed by atoms with Gasteiger partial charge in [0.2, 0.25) is 5.91 Å². The Hall–Kier alpha value is -0.530. The number of fused-ring (bicyclic) bond motifs is 1. The van der Waals surface area contributed by atoms with E-state index in [0.717, 1.165) is 12.5 Å². The van der Waals surface area contributed by atoms with Gasteiger partial charge in [0.1, 0.15) is 0 Å². The predicted molar refractivity (Wildman–Crippen MR) is 59.3 cm³/mol. The summed E-state index contributed by atoms with van der Waals surface area (Å²) in [6, 6.07) is 0.573. The molecule has 3 rings (SSSR count). The zero-order valence-corrected chi connectivity index (χ0v) is 10.0. The van der Waals surface area contributed by atoms with Gasteiger partial charge in [0, 0.05) is 19.5 Å². The zero-order valence-electron chi connectivity index (χ0n) is 10.0. The molecule has 0 aromatic heterocycles. The number of likely N-dealkylation sites (tertiary alicyclic amines) is 1. The third-order valence-electron chi connectivity index (χ3n) is 5.97. The van der Waals surface area contributed by atoms with Gasteiger partial charge in [-0.05, 0) is 42.4 Å². The van der Waals surface area contributed by atoms with Gasteiger partial charge in [0.25, 0.3) is 0 Å². The van der Waals surface area contributed by atoms with Crippen LogP contribution >= 0.6 is 0 Å². The summed E-state index contributed by atoms with van der Waals surface area (Å²) in [5, 5.41) is 0. The first-order valence-electron chi connectivity index (χ1n) is 6.26. The second-order valence-corrected chi connectivity index (χ2v) is 6.33. The summed E-state index contributed by atoms with van der Waals surface area (Å²) < 4.78 is 0. The maximum absolute atomic E-state index is 11.6. The Balaban J connectivity index is 2.00. The molecule has 3 fully saturated rings. The Morgan fingerprint density at radius 2 is 2.07 bits per heavy atom. The van der Waals surface area contributed by atoms with Crippen LogP contribution in [0.25, 0.3) is 0 Å². The molecule has 0 aromatic rings. The maximum Gasteiger partial charge on any atom is 0.219 e. The topological polar surface area (TPSA) is 20.3 Å². The van der Waals surface area contributed by atoms with Gasteiger partial charge in [-0.25, -0.2) is 0 Å². The Labute approximate surface area is 92.0 Å². The maximum atomic E-state index is 11.6. The van der Waals surface area contributed by atoms with E-state index in [1.165, 1.54) is 25.7 Å². The lowest BCUT2D eigenvalue weighted by atomic mass is 9.67. The van der Waals surface area contributed by atoms with Gasteiger partial charge in [0.15, 0.2) is 0 Å². The largest absolute Gasteiger partial charge is 0.339 e. The van der Waals surface area contributed by atoms with E-state index < -0.39 is 0 Å². The molecule has 0 N–H and O–H groups in total. The van der Waals surface area contributed by atoms with Gasteiger partial charge in [-0.2, -0.15) is 0 Å². The highest BCUT2D eigenvalue weighted by Crippen LogP contribution is 2.70. The smallest absolute Gasteiger partial charge is 0.219 e. The minimum atomic E-state index is 0.292. The van der Waals surface area contributed by atoms with Crippen LogP contribution in [0.3, 0.4) is 0 Å². The fourth-order valence-electron chi connectivity index (χ4n) is 4.92. The van der Waals surface area contributed by atoms with E-state index in [1.807, 2.05) is 0 Å². The molecule has 3 aliphatic rings. The minimum absolute atomic E-state index is 0.292. The molecule has 3 unspecified atom stereocenters. The SMILES string of the molecule is CC(=O)N1CCC23CCC(CC12)C3(C)C. The molecule has 1 amide bonds. The van der Waals surface area contributed by atoms with Gasteiger partial charge >= 0.3 is 0 Å². The Bertz CT molecular complexity index is 322. The van der Waals surface area contributed by atoms with Crippen LogP contribution in [0, 0.1) is 16.7 Å². The highest BCUT2D eigenvalue weighted by molar-refractivity contribution is 5.74. The van der Waals surface area contributed by atoms with Crippen molar-refractivity contribution in [3.8, 4) is 0 Å². The molecule has 1 heterocycles. The highest BCUT2D eigenvalue weighted by atomic mass is 16.2. The van der Waals surface area contributed by atoms with Crippen molar-refractivity contribution in [3.63, 3.8) is 0 Å². The van der Waals surface area contributed by atoms with E-state index in [9.17, 15) is 4.79 Å². The van der Waals surface area contributed by atoms with E-state index in [2.05, 4.69) is 18.7 Å². The van der Waals surface area contributed by atoms with Gasteiger partial charge in [-0.1, -0.05) is 13.8 Å². The number of carbonyl (C=O) groups is 1. The molecule has 1 spiro atoms. The van der Waals surface area contributed by atoms with E-state index in [-0.39, 0.29) is 0 Å². The van der Waals surface area contributed by atoms with Crippen molar-refractivity contribution in [1.29, 1.82) is 0 Å². The average Bonchev–Trinajstić information content (AvgIpc) is 2.72. The first kappa shape index (κ1) is 9.68. The van der Waals surface area contributed by atoms with Crippen LogP contribution in [-0.4, -0.2) is 23.4 Å². The quantitative estimate of drug-likeness (QED) is 0.597. The van der Waals surface area contributed by atoms with E-state index >= 15 is 0 Å². The lowest BCUT2D eigenvalue weighted by molar-refractivity contribution is -0.130. The van der Waals surface area contributed by atoms with Crippen molar-refractivity contribution in [1.82, 2.24) is 4.90 Å². The van der Waals surface area contributed by atoms with Crippen LogP contribution in [0.1, 0.15) is 46.5 Å². The van der Waals surface area contributed by atoms with Crippen LogP contribution < -0.4 is 0 Å². The fraction of sp³-hybridized carbons (Fsp3) is 0.923. The van der Waals surface area contributed by atoms with Crippen LogP contribution in [0.5, 0.6) is 0 Å². The number of rotatable bonds is 0. The Kier molecular flexibility index (Phi) is 1.67. The molecular weight excluding hydrogens is 186 g/mol. The van der Waals surface area contributed by atoms with Crippen LogP contribution in [-0.2, 0) is 4.79 Å². The van der Waals surface area contributed by atoms with Crippen molar-refractivity contribution in [2.24, 2.45) is 16.7 Å². The summed E-state index contributed by atoms with van der Waals surface area (Å²) in [5.41, 5.74) is 0.950. The molecular formula is C13H21NO. The molecule has 15 heavy (non-hydrogen) atoms. The van der Waals surface area contributed by atoms with Gasteiger partial charge in [-0.3, -0.25) is 4.79 Å². The Morgan fingerprint density at radius 1 is 1.33 bits per heavy atom. The second kappa shape index (κ2) is 2.58. The Morgan fingerprint density at radius 3 is 2.67 bits per heavy atom. The monoisotopic (exact) mass is 207 g/mol. The molecule has 2 saturated carbocycles. The zero-order chi connectivity index (χ0) is 10.8. The molecule has 1 saturated heterocycles. The minimum Gasteiger partial charge on any atom is -0.339 e. The molecule has 3 atom stereocenters. The number of hydrogen-bond acceptors (Lipinski definition) is 1. The molecule has 2 aliphatic carbocycles. The predicted octanol–water partition coefficient (Wildman–Crippen LogP) is 2.43. The summed E-state index contributed by atoms with van der Waals surface area (Å²) in [6.07, 6.45) is 5.28. The first-order valence-corrected chi connectivity index (χ1v) is 6.26. The molecule has 1 aliphatic heterocycles. The summed E-state index contributed by atoms with van der Waals surface area (Å²) in [6.45, 7) is 7.62. The van der Waals surface area contributed by atoms with Gasteiger partial charge in [-0.15, -0.1) is 0 Å². The van der Waals surface area contributed by atoms with Crippen molar-refractivity contribution < 1.29 is 4.79 Å². The molecule has 2 heteroatoms.